The molecule has 0 bridgehead atoms. The molecule has 1 aromatic heterocycles. The molecule has 232 valence electrons. The summed E-state index contributed by atoms with van der Waals surface area (Å²) < 4.78 is 13.2. The van der Waals surface area contributed by atoms with Crippen LogP contribution in [0, 0.1) is 0 Å². The van der Waals surface area contributed by atoms with Gasteiger partial charge in [0.1, 0.15) is 5.58 Å². The lowest BCUT2D eigenvalue weighted by atomic mass is 9.92. The van der Waals surface area contributed by atoms with Gasteiger partial charge in [0.2, 0.25) is 8.67 Å². The number of hydrogen-bond acceptors (Lipinski definition) is 3. The Hall–Kier alpha value is -5.50. The summed E-state index contributed by atoms with van der Waals surface area (Å²) in [5, 5.41) is 11.8. The van der Waals surface area contributed by atoms with Crippen molar-refractivity contribution in [1.82, 2.24) is 0 Å². The Balaban J connectivity index is 1.42. The average Bonchev–Trinajstić information content (AvgIpc) is 3.35. The predicted octanol–water partition coefficient (Wildman–Crippen LogP) is 13.3. The van der Waals surface area contributed by atoms with Gasteiger partial charge in [-0.25, -0.2) is 0 Å². The van der Waals surface area contributed by atoms with Crippen molar-refractivity contribution < 1.29 is 8.39 Å². The van der Waals surface area contributed by atoms with Gasteiger partial charge in [-0.1, -0.05) is 140 Å². The molecule has 3 atom stereocenters. The van der Waals surface area contributed by atoms with Gasteiger partial charge in [0, 0.05) is 10.8 Å². The second kappa shape index (κ2) is 11.6. The molecular formula is C44H34NO2P. The maximum atomic E-state index is 6.81. The van der Waals surface area contributed by atoms with Crippen LogP contribution < -0.4 is 4.90 Å². The molecule has 0 amide bonds. The zero-order valence-electron chi connectivity index (χ0n) is 26.9. The Labute approximate surface area is 280 Å². The number of rotatable bonds is 5. The second-order valence-electron chi connectivity index (χ2n) is 12.7. The topological polar surface area (TPSA) is 29.5 Å². The Morgan fingerprint density at radius 3 is 1.54 bits per heavy atom. The SMILES string of the molecule is C[C@@H](c1cccc2ccccc12)N(c1cc2ccccc2c2c1o[pH]oc1ccc3ccccc3c12)[C@@H](C)c1cccc2ccccc12. The molecule has 1 unspecified atom stereocenters. The normalized spacial score (nSPS) is 13.2. The van der Waals surface area contributed by atoms with E-state index in [1.165, 1.54) is 43.4 Å². The van der Waals surface area contributed by atoms with E-state index in [0.717, 1.165) is 38.4 Å². The minimum absolute atomic E-state index is 0.00146. The average molecular weight is 640 g/mol. The van der Waals surface area contributed by atoms with Gasteiger partial charge in [0.15, 0.2) is 5.58 Å². The first-order valence-corrected chi connectivity index (χ1v) is 17.4. The van der Waals surface area contributed by atoms with Crippen LogP contribution in [-0.2, 0) is 0 Å². The molecule has 0 saturated carbocycles. The van der Waals surface area contributed by atoms with E-state index in [9.17, 15) is 0 Å². The highest BCUT2D eigenvalue weighted by molar-refractivity contribution is 7.15. The van der Waals surface area contributed by atoms with E-state index in [1.54, 1.807) is 0 Å². The lowest BCUT2D eigenvalue weighted by Gasteiger charge is -2.38. The molecule has 0 fully saturated rings. The van der Waals surface area contributed by atoms with Crippen LogP contribution in [0.3, 0.4) is 0 Å². The zero-order chi connectivity index (χ0) is 32.2. The van der Waals surface area contributed by atoms with E-state index in [4.69, 9.17) is 8.39 Å². The highest BCUT2D eigenvalue weighted by Crippen LogP contribution is 2.47. The van der Waals surface area contributed by atoms with Gasteiger partial charge >= 0.3 is 0 Å². The summed E-state index contributed by atoms with van der Waals surface area (Å²) in [7, 11) is -0.177. The molecule has 0 saturated heterocycles. The highest BCUT2D eigenvalue weighted by atomic mass is 31.1. The van der Waals surface area contributed by atoms with Crippen molar-refractivity contribution in [3.8, 4) is 0 Å². The maximum absolute atomic E-state index is 6.81. The fraction of sp³-hybridized carbons (Fsp3) is 0.0909. The Morgan fingerprint density at radius 1 is 0.458 bits per heavy atom. The zero-order valence-corrected chi connectivity index (χ0v) is 27.9. The van der Waals surface area contributed by atoms with E-state index in [2.05, 4.69) is 170 Å². The first-order chi connectivity index (χ1) is 23.7. The Morgan fingerprint density at radius 2 is 0.938 bits per heavy atom. The van der Waals surface area contributed by atoms with E-state index >= 15 is 0 Å². The van der Waals surface area contributed by atoms with Crippen LogP contribution in [0.2, 0.25) is 0 Å². The van der Waals surface area contributed by atoms with Crippen molar-refractivity contribution in [2.24, 2.45) is 0 Å². The molecule has 9 rings (SSSR count). The third-order valence-corrected chi connectivity index (χ3v) is 10.7. The number of nitrogens with zero attached hydrogens (tertiary/aromatic N) is 1. The van der Waals surface area contributed by atoms with Crippen molar-refractivity contribution in [2.75, 3.05) is 4.90 Å². The summed E-state index contributed by atoms with van der Waals surface area (Å²) in [6.45, 7) is 4.67. The van der Waals surface area contributed by atoms with Crippen molar-refractivity contribution in [3.63, 3.8) is 0 Å². The lowest BCUT2D eigenvalue weighted by Crippen LogP contribution is -2.30. The fourth-order valence-electron chi connectivity index (χ4n) is 7.84. The summed E-state index contributed by atoms with van der Waals surface area (Å²) in [4.78, 5) is 2.58. The Kier molecular flexibility index (Phi) is 6.95. The second-order valence-corrected chi connectivity index (χ2v) is 13.2. The molecule has 8 aromatic carbocycles. The summed E-state index contributed by atoms with van der Waals surface area (Å²) in [5.74, 6) is 0. The number of benzene rings is 8. The quantitative estimate of drug-likeness (QED) is 0.188. The molecular weight excluding hydrogens is 605 g/mol. The van der Waals surface area contributed by atoms with Crippen LogP contribution in [0.4, 0.5) is 5.69 Å². The molecule has 4 heteroatoms. The number of fused-ring (bicyclic) bond motifs is 9. The molecule has 1 heterocycles. The molecule has 0 N–H and O–H groups in total. The molecule has 0 aliphatic rings. The van der Waals surface area contributed by atoms with E-state index < -0.39 is 0 Å². The van der Waals surface area contributed by atoms with Crippen LogP contribution in [0.5, 0.6) is 0 Å². The van der Waals surface area contributed by atoms with E-state index in [1.807, 2.05) is 0 Å². The van der Waals surface area contributed by atoms with E-state index in [-0.39, 0.29) is 20.8 Å². The van der Waals surface area contributed by atoms with Crippen LogP contribution >= 0.6 is 8.67 Å². The maximum Gasteiger partial charge on any atom is 0.201 e. The third-order valence-electron chi connectivity index (χ3n) is 10.1. The summed E-state index contributed by atoms with van der Waals surface area (Å²) in [5.41, 5.74) is 5.33. The molecule has 3 nitrogen and oxygen atoms in total. The van der Waals surface area contributed by atoms with Gasteiger partial charge in [-0.2, -0.15) is 0 Å². The van der Waals surface area contributed by atoms with Crippen LogP contribution in [-0.4, -0.2) is 0 Å². The van der Waals surface area contributed by atoms with Gasteiger partial charge in [-0.3, -0.25) is 0 Å². The summed E-state index contributed by atoms with van der Waals surface area (Å²) in [6.07, 6.45) is 0. The van der Waals surface area contributed by atoms with Crippen LogP contribution in [0.15, 0.2) is 160 Å². The monoisotopic (exact) mass is 639 g/mol. The lowest BCUT2D eigenvalue weighted by molar-refractivity contribution is 0.587. The summed E-state index contributed by atoms with van der Waals surface area (Å²) >= 11 is 0. The summed E-state index contributed by atoms with van der Waals surface area (Å²) in [6, 6.07) is 54.6. The van der Waals surface area contributed by atoms with Crippen molar-refractivity contribution in [3.05, 3.63) is 163 Å². The largest absolute Gasteiger partial charge is 0.421 e. The van der Waals surface area contributed by atoms with Crippen molar-refractivity contribution in [1.29, 1.82) is 0 Å². The molecule has 9 aromatic rings. The standard InChI is InChI=1S/C44H34NO2P/c1-28(34-23-11-17-30-13-3-7-19-36(30)34)45(29(2)35-24-12-18-31-14-4-8-20-37(31)35)40-27-33-16-6-10-22-39(33)43-42-38-21-9-5-15-32(38)25-26-41(42)46-48-47-44(40)43/h3-29,48H,1-2H3/t28-,29-/m0/s1. The smallest absolute Gasteiger partial charge is 0.201 e. The minimum atomic E-state index is -0.177. The highest BCUT2D eigenvalue weighted by Gasteiger charge is 2.29. The van der Waals surface area contributed by atoms with Gasteiger partial charge in [0.05, 0.1) is 17.8 Å². The van der Waals surface area contributed by atoms with Crippen molar-refractivity contribution in [2.45, 2.75) is 25.9 Å². The van der Waals surface area contributed by atoms with Gasteiger partial charge < -0.3 is 13.3 Å². The molecule has 0 aliphatic heterocycles. The minimum Gasteiger partial charge on any atom is -0.421 e. The first-order valence-electron chi connectivity index (χ1n) is 16.6. The predicted molar refractivity (Wildman–Crippen MR) is 205 cm³/mol. The third kappa shape index (κ3) is 4.58. The van der Waals surface area contributed by atoms with Gasteiger partial charge in [-0.05, 0) is 80.2 Å². The molecule has 48 heavy (non-hydrogen) atoms. The molecule has 0 radical (unpaired) electrons. The number of hydrogen-bond donors (Lipinski definition) is 0. The Bertz CT molecular complexity index is 2600. The van der Waals surface area contributed by atoms with E-state index in [0.29, 0.717) is 0 Å². The molecule has 0 spiro atoms. The van der Waals surface area contributed by atoms with Gasteiger partial charge in [-0.15, -0.1) is 0 Å². The van der Waals surface area contributed by atoms with Crippen molar-refractivity contribution >= 4 is 79.4 Å². The van der Waals surface area contributed by atoms with Crippen LogP contribution in [0.25, 0.3) is 65.0 Å². The number of anilines is 1. The van der Waals surface area contributed by atoms with Crippen LogP contribution in [0.1, 0.15) is 37.1 Å². The fourth-order valence-corrected chi connectivity index (χ4v) is 8.43. The molecule has 0 aliphatic carbocycles. The first kappa shape index (κ1) is 28.7. The van der Waals surface area contributed by atoms with Gasteiger partial charge in [0.25, 0.3) is 0 Å².